The molecule has 0 spiro atoms. The number of benzene rings is 1. The predicted molar refractivity (Wildman–Crippen MR) is 151 cm³/mol. The molecule has 210 valence electrons. The molecule has 0 aliphatic carbocycles. The number of esters is 2. The molecule has 0 aliphatic rings. The van der Waals surface area contributed by atoms with Gasteiger partial charge in [0.05, 0.1) is 24.3 Å². The molecular weight excluding hydrogens is 464 g/mol. The molecule has 37 heavy (non-hydrogen) atoms. The van der Waals surface area contributed by atoms with Gasteiger partial charge in [0, 0.05) is 11.0 Å². The average molecular weight is 517 g/mol. The number of Topliss-reactive ketones (excluding diaryl/α,β-unsaturated/α-hetero) is 1. The van der Waals surface area contributed by atoms with Crippen LogP contribution in [-0.4, -0.2) is 30.9 Å². The number of ketones is 1. The summed E-state index contributed by atoms with van der Waals surface area (Å²) >= 11 is 0. The molecule has 0 saturated carbocycles. The maximum Gasteiger partial charge on any atom is 0.338 e. The Bertz CT molecular complexity index is 801. The highest BCUT2D eigenvalue weighted by atomic mass is 16.5. The van der Waals surface area contributed by atoms with Crippen LogP contribution in [0.1, 0.15) is 162 Å². The molecule has 0 N–H and O–H groups in total. The molecule has 0 unspecified atom stereocenters. The third-order valence-electron chi connectivity index (χ3n) is 7.69. The maximum atomic E-state index is 13.8. The highest BCUT2D eigenvalue weighted by molar-refractivity contribution is 6.10. The molecule has 1 aromatic rings. The minimum absolute atomic E-state index is 0.0999. The van der Waals surface area contributed by atoms with Crippen molar-refractivity contribution in [2.75, 3.05) is 13.2 Å². The standard InChI is InChI=1S/C32H52O5/c1-6-11-13-15-17-19-23-36-30(34)26-21-22-27(31(35)37-24-20-18-16-14-12-7-2)28(25-26)29(33)32(8-3,9-4)10-5/h21-22,25H,6-20,23-24H2,1-5H3. The monoisotopic (exact) mass is 516 g/mol. The highest BCUT2D eigenvalue weighted by Gasteiger charge is 2.36. The summed E-state index contributed by atoms with van der Waals surface area (Å²) in [5, 5.41) is 0. The Hall–Kier alpha value is -2.17. The summed E-state index contributed by atoms with van der Waals surface area (Å²) in [5.74, 6) is -1.05. The van der Waals surface area contributed by atoms with Crippen molar-refractivity contribution in [3.63, 3.8) is 0 Å². The predicted octanol–water partition coefficient (Wildman–Crippen LogP) is 9.12. The second kappa shape index (κ2) is 19.0. The van der Waals surface area contributed by atoms with Gasteiger partial charge in [-0.3, -0.25) is 4.79 Å². The van der Waals surface area contributed by atoms with Crippen molar-refractivity contribution in [1.29, 1.82) is 0 Å². The van der Waals surface area contributed by atoms with Gasteiger partial charge in [-0.1, -0.05) is 98.8 Å². The van der Waals surface area contributed by atoms with Gasteiger partial charge in [-0.25, -0.2) is 9.59 Å². The van der Waals surface area contributed by atoms with Crippen molar-refractivity contribution in [3.05, 3.63) is 34.9 Å². The second-order valence-electron chi connectivity index (χ2n) is 10.2. The van der Waals surface area contributed by atoms with E-state index in [9.17, 15) is 14.4 Å². The van der Waals surface area contributed by atoms with E-state index in [1.807, 2.05) is 20.8 Å². The van der Waals surface area contributed by atoms with E-state index in [4.69, 9.17) is 9.47 Å². The summed E-state index contributed by atoms with van der Waals surface area (Å²) in [7, 11) is 0. The quantitative estimate of drug-likeness (QED) is 0.0925. The van der Waals surface area contributed by atoms with Crippen molar-refractivity contribution in [2.24, 2.45) is 5.41 Å². The molecule has 0 fully saturated rings. The average Bonchev–Trinajstić information content (AvgIpc) is 2.92. The lowest BCUT2D eigenvalue weighted by Gasteiger charge is -2.29. The molecule has 0 saturated heterocycles. The van der Waals surface area contributed by atoms with E-state index in [1.165, 1.54) is 38.5 Å². The largest absolute Gasteiger partial charge is 0.462 e. The van der Waals surface area contributed by atoms with E-state index >= 15 is 0 Å². The zero-order valence-electron chi connectivity index (χ0n) is 24.3. The molecule has 1 aromatic carbocycles. The molecule has 5 nitrogen and oxygen atoms in total. The zero-order chi connectivity index (χ0) is 27.5. The van der Waals surface area contributed by atoms with Crippen LogP contribution in [-0.2, 0) is 9.47 Å². The topological polar surface area (TPSA) is 69.7 Å². The number of unbranched alkanes of at least 4 members (excludes halogenated alkanes) is 10. The van der Waals surface area contributed by atoms with Crippen molar-refractivity contribution in [2.45, 2.75) is 131 Å². The van der Waals surface area contributed by atoms with Crippen molar-refractivity contribution < 1.29 is 23.9 Å². The number of hydrogen-bond acceptors (Lipinski definition) is 5. The van der Waals surface area contributed by atoms with Crippen LogP contribution < -0.4 is 0 Å². The van der Waals surface area contributed by atoms with Crippen molar-refractivity contribution >= 4 is 17.7 Å². The summed E-state index contributed by atoms with van der Waals surface area (Å²) in [6.07, 6.45) is 15.2. The van der Waals surface area contributed by atoms with Crippen LogP contribution in [0, 0.1) is 5.41 Å². The number of rotatable bonds is 21. The van der Waals surface area contributed by atoms with Crippen LogP contribution in [0.25, 0.3) is 0 Å². The molecule has 0 heterocycles. The zero-order valence-corrected chi connectivity index (χ0v) is 24.3. The third kappa shape index (κ3) is 11.0. The number of ether oxygens (including phenoxy) is 2. The fourth-order valence-corrected chi connectivity index (χ4v) is 4.81. The molecular formula is C32H52O5. The summed E-state index contributed by atoms with van der Waals surface area (Å²) in [6, 6.07) is 4.68. The normalized spacial score (nSPS) is 11.4. The van der Waals surface area contributed by atoms with E-state index in [2.05, 4.69) is 13.8 Å². The first-order valence-corrected chi connectivity index (χ1v) is 14.9. The van der Waals surface area contributed by atoms with Gasteiger partial charge in [-0.15, -0.1) is 0 Å². The van der Waals surface area contributed by atoms with Crippen LogP contribution >= 0.6 is 0 Å². The Labute approximate surface area is 226 Å². The molecule has 5 heteroatoms. The molecule has 0 radical (unpaired) electrons. The summed E-state index contributed by atoms with van der Waals surface area (Å²) in [6.45, 7) is 11.1. The lowest BCUT2D eigenvalue weighted by Crippen LogP contribution is -2.31. The first kappa shape index (κ1) is 32.9. The molecule has 0 atom stereocenters. The minimum atomic E-state index is -0.574. The van der Waals surface area contributed by atoms with Gasteiger partial charge in [0.1, 0.15) is 0 Å². The van der Waals surface area contributed by atoms with Crippen LogP contribution in [0.5, 0.6) is 0 Å². The fourth-order valence-electron chi connectivity index (χ4n) is 4.81. The van der Waals surface area contributed by atoms with Gasteiger partial charge >= 0.3 is 11.9 Å². The number of carbonyl (C=O) groups is 3. The SMILES string of the molecule is CCCCCCCCOC(=O)c1ccc(C(=O)OCCCCCCCC)c(C(=O)C(CC)(CC)CC)c1. The van der Waals surface area contributed by atoms with Crippen LogP contribution in [0.15, 0.2) is 18.2 Å². The van der Waals surface area contributed by atoms with Gasteiger partial charge in [-0.2, -0.15) is 0 Å². The Morgan fingerprint density at radius 2 is 1.05 bits per heavy atom. The smallest absolute Gasteiger partial charge is 0.338 e. The Balaban J connectivity index is 2.96. The van der Waals surface area contributed by atoms with E-state index in [-0.39, 0.29) is 16.9 Å². The molecule has 0 bridgehead atoms. The van der Waals surface area contributed by atoms with Gasteiger partial charge in [-0.05, 0) is 50.3 Å². The van der Waals surface area contributed by atoms with Crippen LogP contribution in [0.3, 0.4) is 0 Å². The highest BCUT2D eigenvalue weighted by Crippen LogP contribution is 2.36. The fraction of sp³-hybridized carbons (Fsp3) is 0.719. The summed E-state index contributed by atoms with van der Waals surface area (Å²) in [5.41, 5.74) is 0.240. The summed E-state index contributed by atoms with van der Waals surface area (Å²) in [4.78, 5) is 39.5. The van der Waals surface area contributed by atoms with Gasteiger partial charge < -0.3 is 9.47 Å². The first-order chi connectivity index (χ1) is 17.9. The molecule has 0 aromatic heterocycles. The Morgan fingerprint density at radius 3 is 1.54 bits per heavy atom. The first-order valence-electron chi connectivity index (χ1n) is 14.9. The number of hydrogen-bond donors (Lipinski definition) is 0. The lowest BCUT2D eigenvalue weighted by atomic mass is 9.73. The van der Waals surface area contributed by atoms with E-state index < -0.39 is 17.4 Å². The Morgan fingerprint density at radius 1 is 0.595 bits per heavy atom. The van der Waals surface area contributed by atoms with E-state index in [0.29, 0.717) is 38.0 Å². The molecule has 0 aliphatic heterocycles. The van der Waals surface area contributed by atoms with E-state index in [0.717, 1.165) is 38.5 Å². The molecule has 1 rings (SSSR count). The van der Waals surface area contributed by atoms with Gasteiger partial charge in [0.15, 0.2) is 5.78 Å². The van der Waals surface area contributed by atoms with Crippen LogP contribution in [0.4, 0.5) is 0 Å². The van der Waals surface area contributed by atoms with Gasteiger partial charge in [0.25, 0.3) is 0 Å². The van der Waals surface area contributed by atoms with Crippen molar-refractivity contribution in [3.8, 4) is 0 Å². The number of carbonyl (C=O) groups excluding carboxylic acids is 3. The van der Waals surface area contributed by atoms with Gasteiger partial charge in [0.2, 0.25) is 0 Å². The molecule has 0 amide bonds. The lowest BCUT2D eigenvalue weighted by molar-refractivity contribution is 0.0479. The Kier molecular flexibility index (Phi) is 16.9. The van der Waals surface area contributed by atoms with E-state index in [1.54, 1.807) is 18.2 Å². The second-order valence-corrected chi connectivity index (χ2v) is 10.2. The minimum Gasteiger partial charge on any atom is -0.462 e. The summed E-state index contributed by atoms with van der Waals surface area (Å²) < 4.78 is 11.0. The third-order valence-corrected chi connectivity index (χ3v) is 7.69. The maximum absolute atomic E-state index is 13.8. The van der Waals surface area contributed by atoms with Crippen molar-refractivity contribution in [1.82, 2.24) is 0 Å². The van der Waals surface area contributed by atoms with Crippen LogP contribution in [0.2, 0.25) is 0 Å².